The molecule has 1 aromatic carbocycles. The number of halogens is 3. The van der Waals surface area contributed by atoms with Gasteiger partial charge in [0.25, 0.3) is 5.91 Å². The molecule has 0 radical (unpaired) electrons. The van der Waals surface area contributed by atoms with Gasteiger partial charge in [0.1, 0.15) is 35.0 Å². The summed E-state index contributed by atoms with van der Waals surface area (Å²) in [6.45, 7) is 4.97. The Bertz CT molecular complexity index is 2280. The van der Waals surface area contributed by atoms with E-state index in [1.165, 1.54) is 17.8 Å². The van der Waals surface area contributed by atoms with Crippen molar-refractivity contribution in [2.75, 3.05) is 25.0 Å². The minimum absolute atomic E-state index is 0.194. The summed E-state index contributed by atoms with van der Waals surface area (Å²) in [5, 5.41) is 20.5. The Morgan fingerprint density at radius 3 is 2.58 bits per heavy atom. The number of rotatable bonds is 7. The SMILES string of the molecule is Cc1ccc2c(c1C1CCN(C[C@H]3C[C@H](n4cc5cc(NC(=O)c6cccc(C(F)(F)F)n6)ncc5n4)C3)CC1)n(C)c(=O)n2C1CCC(O)NC1=O. The molecule has 2 amide bonds. The summed E-state index contributed by atoms with van der Waals surface area (Å²) >= 11 is 0. The number of aliphatic hydroxyl groups excluding tert-OH is 1. The molecule has 3 N–H and O–H groups in total. The molecule has 16 heteroatoms. The van der Waals surface area contributed by atoms with Crippen LogP contribution in [0.5, 0.6) is 0 Å². The molecule has 0 bridgehead atoms. The predicted octanol–water partition coefficient (Wildman–Crippen LogP) is 4.66. The standard InChI is InChI=1S/C37H40F3N9O4/c1-20-6-7-27-33(46(2)36(53)49(27)28-8-9-31(50)44-35(28)52)32(20)22-10-12-47(13-11-22)18-21-14-24(15-21)48-19-23-16-30(41-17-26(23)45-48)43-34(51)25-4-3-5-29(42-25)37(38,39)40/h3-7,16-17,19,21-22,24,28,31,50H,8-15,18H2,1-2H3,(H,43,51)(H,44,52)/t21-,24-,28?,31?. The molecule has 8 rings (SSSR count). The van der Waals surface area contributed by atoms with Gasteiger partial charge in [-0.25, -0.2) is 14.8 Å². The van der Waals surface area contributed by atoms with Gasteiger partial charge in [0.2, 0.25) is 5.91 Å². The highest BCUT2D eigenvalue weighted by molar-refractivity contribution is 6.03. The van der Waals surface area contributed by atoms with Crippen molar-refractivity contribution in [1.29, 1.82) is 0 Å². The molecule has 278 valence electrons. The molecular formula is C37H40F3N9O4. The number of pyridine rings is 2. The number of nitrogens with zero attached hydrogens (tertiary/aromatic N) is 7. The summed E-state index contributed by atoms with van der Waals surface area (Å²) in [6.07, 6.45) is 2.59. The number of aliphatic hydroxyl groups is 1. The third kappa shape index (κ3) is 6.58. The van der Waals surface area contributed by atoms with E-state index in [1.807, 2.05) is 23.0 Å². The van der Waals surface area contributed by atoms with Crippen molar-refractivity contribution in [2.45, 2.75) is 75.9 Å². The lowest BCUT2D eigenvalue weighted by molar-refractivity contribution is -0.141. The Morgan fingerprint density at radius 2 is 1.85 bits per heavy atom. The zero-order valence-corrected chi connectivity index (χ0v) is 29.3. The van der Waals surface area contributed by atoms with Crippen molar-refractivity contribution in [1.82, 2.24) is 39.1 Å². The van der Waals surface area contributed by atoms with Gasteiger partial charge in [0.15, 0.2) is 0 Å². The van der Waals surface area contributed by atoms with Crippen molar-refractivity contribution in [3.8, 4) is 0 Å². The Labute approximate surface area is 301 Å². The Kier molecular flexibility index (Phi) is 8.84. The van der Waals surface area contributed by atoms with E-state index in [1.54, 1.807) is 22.2 Å². The Balaban J connectivity index is 0.877. The maximum atomic E-state index is 13.5. The third-order valence-corrected chi connectivity index (χ3v) is 11.2. The molecular weight excluding hydrogens is 691 g/mol. The molecule has 1 saturated carbocycles. The number of hydrogen-bond acceptors (Lipinski definition) is 8. The summed E-state index contributed by atoms with van der Waals surface area (Å²) in [5.41, 5.74) is 2.90. The number of aryl methyl sites for hydroxylation is 2. The van der Waals surface area contributed by atoms with Crippen LogP contribution in [0.25, 0.3) is 21.9 Å². The molecule has 5 aromatic rings. The second-order valence-electron chi connectivity index (χ2n) is 14.7. The fourth-order valence-electron chi connectivity index (χ4n) is 8.38. The van der Waals surface area contributed by atoms with Crippen LogP contribution in [-0.2, 0) is 18.0 Å². The van der Waals surface area contributed by atoms with Crippen molar-refractivity contribution in [2.24, 2.45) is 13.0 Å². The summed E-state index contributed by atoms with van der Waals surface area (Å²) < 4.78 is 44.4. The van der Waals surface area contributed by atoms with E-state index >= 15 is 0 Å². The summed E-state index contributed by atoms with van der Waals surface area (Å²) in [5.74, 6) is -0.117. The molecule has 13 nitrogen and oxygen atoms in total. The maximum Gasteiger partial charge on any atom is 0.433 e. The fourth-order valence-corrected chi connectivity index (χ4v) is 8.38. The topological polar surface area (TPSA) is 152 Å². The minimum Gasteiger partial charge on any atom is -0.374 e. The predicted molar refractivity (Wildman–Crippen MR) is 189 cm³/mol. The molecule has 6 heterocycles. The average Bonchev–Trinajstić information content (AvgIpc) is 3.63. The van der Waals surface area contributed by atoms with Crippen LogP contribution < -0.4 is 16.3 Å². The molecule has 3 aliphatic rings. The number of imidazole rings is 1. The second-order valence-corrected chi connectivity index (χ2v) is 14.7. The van der Waals surface area contributed by atoms with E-state index in [-0.39, 0.29) is 35.1 Å². The van der Waals surface area contributed by atoms with Crippen LogP contribution in [0, 0.1) is 12.8 Å². The Morgan fingerprint density at radius 1 is 1.08 bits per heavy atom. The van der Waals surface area contributed by atoms with E-state index in [4.69, 9.17) is 5.10 Å². The quantitative estimate of drug-likeness (QED) is 0.219. The van der Waals surface area contributed by atoms with Gasteiger partial charge in [-0.2, -0.15) is 18.3 Å². The van der Waals surface area contributed by atoms with Crippen molar-refractivity contribution < 1.29 is 27.9 Å². The number of likely N-dealkylation sites (tertiary alicyclic amines) is 1. The lowest BCUT2D eigenvalue weighted by atomic mass is 9.79. The van der Waals surface area contributed by atoms with Crippen LogP contribution in [0.1, 0.15) is 83.8 Å². The summed E-state index contributed by atoms with van der Waals surface area (Å²) in [6, 6.07) is 8.39. The molecule has 2 atom stereocenters. The van der Waals surface area contributed by atoms with Gasteiger partial charge in [-0.3, -0.25) is 23.4 Å². The molecule has 0 spiro atoms. The van der Waals surface area contributed by atoms with Gasteiger partial charge >= 0.3 is 11.9 Å². The number of piperidine rings is 2. The van der Waals surface area contributed by atoms with Crippen molar-refractivity contribution in [3.63, 3.8) is 0 Å². The monoisotopic (exact) mass is 731 g/mol. The van der Waals surface area contributed by atoms with Crippen LogP contribution in [0.3, 0.4) is 0 Å². The first-order chi connectivity index (χ1) is 25.3. The van der Waals surface area contributed by atoms with Crippen LogP contribution in [0.4, 0.5) is 19.0 Å². The van der Waals surface area contributed by atoms with Gasteiger partial charge in [0, 0.05) is 25.2 Å². The van der Waals surface area contributed by atoms with E-state index in [0.717, 1.165) is 79.4 Å². The normalized spacial score (nSPS) is 22.9. The fraction of sp³-hybridized carbons (Fsp3) is 0.459. The van der Waals surface area contributed by atoms with Crippen LogP contribution in [0.2, 0.25) is 0 Å². The molecule has 1 aliphatic carbocycles. The van der Waals surface area contributed by atoms with Crippen LogP contribution in [0.15, 0.2) is 53.6 Å². The Hall–Kier alpha value is -5.09. The highest BCUT2D eigenvalue weighted by Crippen LogP contribution is 2.41. The first-order valence-corrected chi connectivity index (χ1v) is 18.0. The zero-order chi connectivity index (χ0) is 37.2. The van der Waals surface area contributed by atoms with Gasteiger partial charge < -0.3 is 20.6 Å². The van der Waals surface area contributed by atoms with Gasteiger partial charge in [0.05, 0.1) is 23.3 Å². The van der Waals surface area contributed by atoms with Crippen molar-refractivity contribution in [3.05, 3.63) is 81.8 Å². The van der Waals surface area contributed by atoms with E-state index in [9.17, 15) is 32.7 Å². The number of benzene rings is 1. The second kappa shape index (κ2) is 13.4. The van der Waals surface area contributed by atoms with Crippen molar-refractivity contribution >= 4 is 39.6 Å². The lowest BCUT2D eigenvalue weighted by Crippen LogP contribution is -2.46. The first kappa shape index (κ1) is 35.0. The molecule has 53 heavy (non-hydrogen) atoms. The van der Waals surface area contributed by atoms with E-state index in [2.05, 4.69) is 32.4 Å². The smallest absolute Gasteiger partial charge is 0.374 e. The highest BCUT2D eigenvalue weighted by atomic mass is 19.4. The van der Waals surface area contributed by atoms with Crippen LogP contribution >= 0.6 is 0 Å². The van der Waals surface area contributed by atoms with Gasteiger partial charge in [-0.1, -0.05) is 12.1 Å². The number of fused-ring (bicyclic) bond motifs is 2. The summed E-state index contributed by atoms with van der Waals surface area (Å²) in [7, 11) is 1.78. The average molecular weight is 732 g/mol. The molecule has 2 unspecified atom stereocenters. The minimum atomic E-state index is -4.66. The number of amides is 2. The molecule has 2 aliphatic heterocycles. The number of carbonyl (C=O) groups excluding carboxylic acids is 2. The molecule has 2 saturated heterocycles. The van der Waals surface area contributed by atoms with Crippen LogP contribution in [-0.4, -0.2) is 76.6 Å². The number of aromatic nitrogens is 6. The van der Waals surface area contributed by atoms with Gasteiger partial charge in [-0.05, 0) is 106 Å². The lowest BCUT2D eigenvalue weighted by Gasteiger charge is -2.41. The van der Waals surface area contributed by atoms with E-state index in [0.29, 0.717) is 24.3 Å². The number of anilines is 1. The zero-order valence-electron chi connectivity index (χ0n) is 29.3. The third-order valence-electron chi connectivity index (χ3n) is 11.2. The highest BCUT2D eigenvalue weighted by Gasteiger charge is 2.36. The maximum absolute atomic E-state index is 13.5. The number of alkyl halides is 3. The largest absolute Gasteiger partial charge is 0.433 e. The number of nitrogens with one attached hydrogen (secondary N) is 2. The first-order valence-electron chi connectivity index (χ1n) is 18.0. The summed E-state index contributed by atoms with van der Waals surface area (Å²) in [4.78, 5) is 49.1. The van der Waals surface area contributed by atoms with E-state index < -0.39 is 30.0 Å². The number of carbonyl (C=O) groups is 2. The number of hydrogen-bond donors (Lipinski definition) is 3. The molecule has 4 aromatic heterocycles. The van der Waals surface area contributed by atoms with Gasteiger partial charge in [-0.15, -0.1) is 0 Å². The molecule has 3 fully saturated rings.